The minimum Gasteiger partial charge on any atom is -0.425 e. The molecule has 178 valence electrons. The zero-order valence-corrected chi connectivity index (χ0v) is 20.1. The number of imidazole rings is 1. The van der Waals surface area contributed by atoms with Gasteiger partial charge in [-0.1, -0.05) is 49.7 Å². The van der Waals surface area contributed by atoms with Crippen molar-refractivity contribution in [1.82, 2.24) is 18.7 Å². The fourth-order valence-electron chi connectivity index (χ4n) is 3.80. The first-order valence-corrected chi connectivity index (χ1v) is 11.5. The highest BCUT2D eigenvalue weighted by molar-refractivity contribution is 6.30. The third kappa shape index (κ3) is 4.64. The summed E-state index contributed by atoms with van der Waals surface area (Å²) >= 11 is 6.04. The summed E-state index contributed by atoms with van der Waals surface area (Å²) in [6.45, 7) is 4.50. The Hall–Kier alpha value is -3.36. The largest absolute Gasteiger partial charge is 0.425 e. The van der Waals surface area contributed by atoms with E-state index in [9.17, 15) is 14.7 Å². The van der Waals surface area contributed by atoms with E-state index < -0.39 is 11.2 Å². The van der Waals surface area contributed by atoms with Gasteiger partial charge in [0.2, 0.25) is 0 Å². The van der Waals surface area contributed by atoms with E-state index in [-0.39, 0.29) is 36.7 Å². The molecule has 0 fully saturated rings. The van der Waals surface area contributed by atoms with Crippen LogP contribution >= 0.6 is 11.6 Å². The number of benzene rings is 2. The van der Waals surface area contributed by atoms with Gasteiger partial charge in [0, 0.05) is 25.2 Å². The number of rotatable bonds is 8. The van der Waals surface area contributed by atoms with Crippen LogP contribution in [-0.4, -0.2) is 30.4 Å². The van der Waals surface area contributed by atoms with E-state index in [1.165, 1.54) is 10.1 Å². The van der Waals surface area contributed by atoms with Gasteiger partial charge in [-0.3, -0.25) is 18.5 Å². The summed E-state index contributed by atoms with van der Waals surface area (Å²) in [4.78, 5) is 30.8. The monoisotopic (exact) mass is 482 g/mol. The van der Waals surface area contributed by atoms with Crippen LogP contribution in [0, 0.1) is 0 Å². The number of fused-ring (bicyclic) bond motifs is 1. The number of halogens is 1. The molecule has 0 radical (unpaired) electrons. The predicted molar refractivity (Wildman–Crippen MR) is 132 cm³/mol. The standard InChI is InChI=1S/C25H27ClN4O4/c1-16(2)18-7-11-20(12-8-18)34-24-27-22-21(30(24)15-17-5-9-19(26)10-6-17)23(32)29(13-4-14-31)25(33)28(22)3/h5-12,16,31H,4,13-15H2,1-3H3. The molecule has 34 heavy (non-hydrogen) atoms. The zero-order valence-electron chi connectivity index (χ0n) is 19.4. The smallest absolute Gasteiger partial charge is 0.332 e. The highest BCUT2D eigenvalue weighted by atomic mass is 35.5. The van der Waals surface area contributed by atoms with Gasteiger partial charge in [0.15, 0.2) is 11.2 Å². The van der Waals surface area contributed by atoms with Crippen molar-refractivity contribution in [3.63, 3.8) is 0 Å². The maximum Gasteiger partial charge on any atom is 0.332 e. The highest BCUT2D eigenvalue weighted by Crippen LogP contribution is 2.27. The van der Waals surface area contributed by atoms with E-state index in [4.69, 9.17) is 16.3 Å². The molecule has 2 aromatic heterocycles. The van der Waals surface area contributed by atoms with Gasteiger partial charge in [-0.15, -0.1) is 0 Å². The van der Waals surface area contributed by atoms with Crippen LogP contribution in [0.2, 0.25) is 5.02 Å². The second-order valence-corrected chi connectivity index (χ2v) is 8.92. The summed E-state index contributed by atoms with van der Waals surface area (Å²) in [6.07, 6.45) is 0.289. The van der Waals surface area contributed by atoms with Crippen molar-refractivity contribution in [2.24, 2.45) is 7.05 Å². The quantitative estimate of drug-likeness (QED) is 0.411. The van der Waals surface area contributed by atoms with E-state index in [0.717, 1.165) is 10.1 Å². The number of ether oxygens (including phenoxy) is 1. The average Bonchev–Trinajstić information content (AvgIpc) is 3.17. The summed E-state index contributed by atoms with van der Waals surface area (Å²) in [7, 11) is 1.57. The van der Waals surface area contributed by atoms with E-state index in [1.54, 1.807) is 23.7 Å². The third-order valence-corrected chi connectivity index (χ3v) is 6.00. The summed E-state index contributed by atoms with van der Waals surface area (Å²) in [6, 6.07) is 15.2. The van der Waals surface area contributed by atoms with Crippen molar-refractivity contribution in [2.75, 3.05) is 6.61 Å². The number of nitrogens with zero attached hydrogens (tertiary/aromatic N) is 4. The lowest BCUT2D eigenvalue weighted by Crippen LogP contribution is -2.39. The molecule has 2 heterocycles. The van der Waals surface area contributed by atoms with Gasteiger partial charge in [0.1, 0.15) is 5.75 Å². The third-order valence-electron chi connectivity index (χ3n) is 5.75. The summed E-state index contributed by atoms with van der Waals surface area (Å²) in [5.74, 6) is 0.957. The molecule has 0 atom stereocenters. The van der Waals surface area contributed by atoms with Crippen molar-refractivity contribution < 1.29 is 9.84 Å². The van der Waals surface area contributed by atoms with Crippen molar-refractivity contribution in [3.05, 3.63) is 85.5 Å². The molecule has 4 rings (SSSR count). The van der Waals surface area contributed by atoms with Crippen molar-refractivity contribution in [3.8, 4) is 11.8 Å². The lowest BCUT2D eigenvalue weighted by atomic mass is 10.0. The summed E-state index contributed by atoms with van der Waals surface area (Å²) < 4.78 is 10.3. The summed E-state index contributed by atoms with van der Waals surface area (Å²) in [5, 5.41) is 9.82. The number of aryl methyl sites for hydroxylation is 1. The van der Waals surface area contributed by atoms with Crippen LogP contribution in [0.5, 0.6) is 11.8 Å². The molecular weight excluding hydrogens is 456 g/mol. The number of hydrogen-bond acceptors (Lipinski definition) is 5. The topological polar surface area (TPSA) is 91.3 Å². The Bertz CT molecular complexity index is 1420. The summed E-state index contributed by atoms with van der Waals surface area (Å²) in [5.41, 5.74) is 1.59. The fraction of sp³-hybridized carbons (Fsp3) is 0.320. The molecule has 0 unspecified atom stereocenters. The minimum absolute atomic E-state index is 0.108. The van der Waals surface area contributed by atoms with E-state index >= 15 is 0 Å². The second kappa shape index (κ2) is 9.87. The van der Waals surface area contributed by atoms with E-state index in [0.29, 0.717) is 23.2 Å². The minimum atomic E-state index is -0.491. The molecule has 4 aromatic rings. The molecule has 8 nitrogen and oxygen atoms in total. The Balaban J connectivity index is 1.88. The molecule has 0 saturated heterocycles. The molecule has 0 aliphatic rings. The zero-order chi connectivity index (χ0) is 24.4. The Morgan fingerprint density at radius 3 is 2.32 bits per heavy atom. The van der Waals surface area contributed by atoms with Gasteiger partial charge < -0.3 is 9.84 Å². The maximum absolute atomic E-state index is 13.4. The number of aliphatic hydroxyl groups excluding tert-OH is 1. The van der Waals surface area contributed by atoms with Crippen LogP contribution in [0.3, 0.4) is 0 Å². The van der Waals surface area contributed by atoms with Gasteiger partial charge >= 0.3 is 11.7 Å². The van der Waals surface area contributed by atoms with Crippen LogP contribution in [0.4, 0.5) is 0 Å². The normalized spacial score (nSPS) is 11.5. The second-order valence-electron chi connectivity index (χ2n) is 8.48. The first kappa shape index (κ1) is 23.8. The van der Waals surface area contributed by atoms with E-state index in [1.807, 2.05) is 36.4 Å². The van der Waals surface area contributed by atoms with Crippen LogP contribution in [-0.2, 0) is 20.1 Å². The Morgan fingerprint density at radius 1 is 1.03 bits per heavy atom. The molecule has 9 heteroatoms. The molecule has 0 spiro atoms. The molecular formula is C25H27ClN4O4. The number of hydrogen-bond donors (Lipinski definition) is 1. The molecule has 0 aliphatic carbocycles. The van der Waals surface area contributed by atoms with Crippen molar-refractivity contribution in [1.29, 1.82) is 0 Å². The Labute approximate surface area is 201 Å². The molecule has 0 aliphatic heterocycles. The maximum atomic E-state index is 13.4. The lowest BCUT2D eigenvalue weighted by Gasteiger charge is -2.12. The van der Waals surface area contributed by atoms with Crippen LogP contribution in [0.15, 0.2) is 58.1 Å². The average molecular weight is 483 g/mol. The van der Waals surface area contributed by atoms with E-state index in [2.05, 4.69) is 18.8 Å². The van der Waals surface area contributed by atoms with Crippen LogP contribution in [0.25, 0.3) is 11.2 Å². The van der Waals surface area contributed by atoms with Crippen molar-refractivity contribution >= 4 is 22.8 Å². The molecule has 0 amide bonds. The van der Waals surface area contributed by atoms with Gasteiger partial charge in [0.25, 0.3) is 5.56 Å². The Kier molecular flexibility index (Phi) is 6.90. The molecule has 0 saturated carbocycles. The van der Waals surface area contributed by atoms with Gasteiger partial charge in [-0.25, -0.2) is 4.79 Å². The number of aliphatic hydroxyl groups is 1. The van der Waals surface area contributed by atoms with Crippen molar-refractivity contribution in [2.45, 2.75) is 39.3 Å². The number of aromatic nitrogens is 4. The molecule has 2 aromatic carbocycles. The van der Waals surface area contributed by atoms with Crippen LogP contribution in [0.1, 0.15) is 37.3 Å². The lowest BCUT2D eigenvalue weighted by molar-refractivity contribution is 0.277. The SMILES string of the molecule is CC(C)c1ccc(Oc2nc3c(c(=O)n(CCCO)c(=O)n3C)n2Cc2ccc(Cl)cc2)cc1. The molecule has 1 N–H and O–H groups in total. The fourth-order valence-corrected chi connectivity index (χ4v) is 3.93. The van der Waals surface area contributed by atoms with Crippen LogP contribution < -0.4 is 16.0 Å². The Morgan fingerprint density at radius 2 is 1.71 bits per heavy atom. The molecule has 0 bridgehead atoms. The van der Waals surface area contributed by atoms with Gasteiger partial charge in [-0.05, 0) is 47.7 Å². The van der Waals surface area contributed by atoms with Gasteiger partial charge in [0.05, 0.1) is 6.54 Å². The first-order valence-electron chi connectivity index (χ1n) is 11.1. The van der Waals surface area contributed by atoms with Gasteiger partial charge in [-0.2, -0.15) is 4.98 Å². The highest BCUT2D eigenvalue weighted by Gasteiger charge is 2.22. The predicted octanol–water partition coefficient (Wildman–Crippen LogP) is 3.90. The first-order chi connectivity index (χ1) is 16.3.